The van der Waals surface area contributed by atoms with Gasteiger partial charge in [0.25, 0.3) is 0 Å². The maximum atomic E-state index is 14.1. The third-order valence-corrected chi connectivity index (χ3v) is 2.68. The molecule has 1 N–H and O–H groups in total. The van der Waals surface area contributed by atoms with E-state index in [2.05, 4.69) is 22.4 Å². The van der Waals surface area contributed by atoms with Crippen molar-refractivity contribution in [3.63, 3.8) is 0 Å². The van der Waals surface area contributed by atoms with Gasteiger partial charge in [-0.15, -0.1) is 10.2 Å². The van der Waals surface area contributed by atoms with Crippen LogP contribution < -0.4 is 10.1 Å². The maximum absolute atomic E-state index is 14.1. The van der Waals surface area contributed by atoms with Gasteiger partial charge in [-0.1, -0.05) is 13.0 Å². The van der Waals surface area contributed by atoms with E-state index < -0.39 is 5.82 Å². The molecule has 1 heterocycles. The smallest absolute Gasteiger partial charge is 0.174 e. The van der Waals surface area contributed by atoms with Crippen LogP contribution in [0, 0.1) is 5.82 Å². The minimum atomic E-state index is -0.423. The number of anilines is 1. The molecule has 1 aromatic carbocycles. The van der Waals surface area contributed by atoms with Crippen LogP contribution in [0.1, 0.15) is 13.3 Å². The number of nitrogens with one attached hydrogen (secondary N) is 1. The highest BCUT2D eigenvalue weighted by atomic mass is 19.1. The van der Waals surface area contributed by atoms with Crippen LogP contribution in [-0.4, -0.2) is 23.9 Å². The summed E-state index contributed by atoms with van der Waals surface area (Å²) in [5.74, 6) is 0.468. The summed E-state index contributed by atoms with van der Waals surface area (Å²) in [7, 11) is 1.44. The highest BCUT2D eigenvalue weighted by molar-refractivity contribution is 5.62. The highest BCUT2D eigenvalue weighted by Crippen LogP contribution is 2.27. The number of benzene rings is 1. The van der Waals surface area contributed by atoms with Gasteiger partial charge in [-0.25, -0.2) is 4.39 Å². The van der Waals surface area contributed by atoms with Crippen LogP contribution in [0.25, 0.3) is 11.3 Å². The largest absolute Gasteiger partial charge is 0.494 e. The van der Waals surface area contributed by atoms with E-state index in [4.69, 9.17) is 4.74 Å². The lowest BCUT2D eigenvalue weighted by Crippen LogP contribution is -2.03. The molecule has 0 fully saturated rings. The van der Waals surface area contributed by atoms with Crippen LogP contribution in [0.4, 0.5) is 10.2 Å². The number of halogens is 1. The zero-order valence-electron chi connectivity index (χ0n) is 11.0. The summed E-state index contributed by atoms with van der Waals surface area (Å²) < 4.78 is 19.0. The summed E-state index contributed by atoms with van der Waals surface area (Å²) in [5, 5.41) is 11.2. The van der Waals surface area contributed by atoms with Gasteiger partial charge >= 0.3 is 0 Å². The van der Waals surface area contributed by atoms with Gasteiger partial charge in [0.1, 0.15) is 5.82 Å². The summed E-state index contributed by atoms with van der Waals surface area (Å²) in [6.07, 6.45) is 1.01. The summed E-state index contributed by atoms with van der Waals surface area (Å²) in [6.45, 7) is 2.90. The number of aromatic nitrogens is 2. The second-order valence-corrected chi connectivity index (χ2v) is 4.05. The van der Waals surface area contributed by atoms with Gasteiger partial charge in [-0.3, -0.25) is 0 Å². The molecule has 100 valence electrons. The Balaban J connectivity index is 2.27. The molecule has 0 amide bonds. The van der Waals surface area contributed by atoms with E-state index in [9.17, 15) is 4.39 Å². The van der Waals surface area contributed by atoms with E-state index in [-0.39, 0.29) is 5.75 Å². The second kappa shape index (κ2) is 6.13. The summed E-state index contributed by atoms with van der Waals surface area (Å²) in [4.78, 5) is 0. The molecule has 5 heteroatoms. The Morgan fingerprint density at radius 3 is 2.68 bits per heavy atom. The fourth-order valence-corrected chi connectivity index (χ4v) is 1.69. The normalized spacial score (nSPS) is 10.3. The fourth-order valence-electron chi connectivity index (χ4n) is 1.69. The predicted molar refractivity (Wildman–Crippen MR) is 72.8 cm³/mol. The molecule has 0 aliphatic heterocycles. The minimum absolute atomic E-state index is 0.201. The predicted octanol–water partition coefficient (Wildman–Crippen LogP) is 3.11. The summed E-state index contributed by atoms with van der Waals surface area (Å²) in [6, 6.07) is 8.48. The fraction of sp³-hybridized carbons (Fsp3) is 0.286. The van der Waals surface area contributed by atoms with Crippen molar-refractivity contribution in [2.24, 2.45) is 0 Å². The molecule has 0 radical (unpaired) electrons. The monoisotopic (exact) mass is 261 g/mol. The summed E-state index contributed by atoms with van der Waals surface area (Å²) in [5.41, 5.74) is 0.868. The second-order valence-electron chi connectivity index (χ2n) is 4.05. The zero-order chi connectivity index (χ0) is 13.7. The van der Waals surface area contributed by atoms with E-state index in [0.29, 0.717) is 17.1 Å². The average Bonchev–Trinajstić information content (AvgIpc) is 2.46. The molecule has 1 aromatic heterocycles. The lowest BCUT2D eigenvalue weighted by atomic mass is 10.1. The third kappa shape index (κ3) is 2.99. The van der Waals surface area contributed by atoms with Crippen molar-refractivity contribution in [1.82, 2.24) is 10.2 Å². The first kappa shape index (κ1) is 13.3. The van der Waals surface area contributed by atoms with Gasteiger partial charge in [0.15, 0.2) is 11.6 Å². The quantitative estimate of drug-likeness (QED) is 0.898. The number of ether oxygens (including phenoxy) is 1. The maximum Gasteiger partial charge on any atom is 0.174 e. The van der Waals surface area contributed by atoms with Gasteiger partial charge < -0.3 is 10.1 Å². The standard InChI is InChI=1S/C14H16FN3O/c1-3-9-16-13-8-7-11(17-18-13)10-5-4-6-12(19-2)14(10)15/h4-8H,3,9H2,1-2H3,(H,16,18). The van der Waals surface area contributed by atoms with Crippen molar-refractivity contribution in [3.05, 3.63) is 36.1 Å². The molecule has 0 saturated heterocycles. The van der Waals surface area contributed by atoms with Crippen LogP contribution >= 0.6 is 0 Å². The lowest BCUT2D eigenvalue weighted by Gasteiger charge is -2.07. The van der Waals surface area contributed by atoms with Crippen molar-refractivity contribution >= 4 is 5.82 Å². The first-order valence-corrected chi connectivity index (χ1v) is 6.16. The van der Waals surface area contributed by atoms with E-state index in [1.165, 1.54) is 7.11 Å². The Hall–Kier alpha value is -2.17. The Kier molecular flexibility index (Phi) is 4.28. The lowest BCUT2D eigenvalue weighted by molar-refractivity contribution is 0.387. The Morgan fingerprint density at radius 2 is 2.05 bits per heavy atom. The van der Waals surface area contributed by atoms with Crippen molar-refractivity contribution in [3.8, 4) is 17.0 Å². The van der Waals surface area contributed by atoms with Crippen molar-refractivity contribution in [2.75, 3.05) is 19.0 Å². The van der Waals surface area contributed by atoms with Gasteiger partial charge in [-0.2, -0.15) is 0 Å². The molecule has 0 atom stereocenters. The van der Waals surface area contributed by atoms with Crippen LogP contribution in [0.2, 0.25) is 0 Å². The molecule has 0 unspecified atom stereocenters. The van der Waals surface area contributed by atoms with Crippen molar-refractivity contribution in [2.45, 2.75) is 13.3 Å². The first-order chi connectivity index (χ1) is 9.26. The van der Waals surface area contributed by atoms with Crippen LogP contribution in [0.3, 0.4) is 0 Å². The molecule has 2 aromatic rings. The van der Waals surface area contributed by atoms with Gasteiger partial charge in [-0.05, 0) is 30.7 Å². The van der Waals surface area contributed by atoms with E-state index in [1.54, 1.807) is 30.3 Å². The van der Waals surface area contributed by atoms with Crippen molar-refractivity contribution < 1.29 is 9.13 Å². The number of methoxy groups -OCH3 is 1. The Morgan fingerprint density at radius 1 is 1.21 bits per heavy atom. The third-order valence-electron chi connectivity index (χ3n) is 2.68. The van der Waals surface area contributed by atoms with Crippen LogP contribution in [-0.2, 0) is 0 Å². The molecule has 0 spiro atoms. The number of rotatable bonds is 5. The molecule has 0 bridgehead atoms. The molecule has 4 nitrogen and oxygen atoms in total. The van der Waals surface area contributed by atoms with E-state index >= 15 is 0 Å². The molecular weight excluding hydrogens is 245 g/mol. The van der Waals surface area contributed by atoms with Gasteiger partial charge in [0.2, 0.25) is 0 Å². The molecule has 0 saturated carbocycles. The number of hydrogen-bond donors (Lipinski definition) is 1. The molecule has 2 rings (SSSR count). The minimum Gasteiger partial charge on any atom is -0.494 e. The Labute approximate surface area is 111 Å². The number of nitrogens with zero attached hydrogens (tertiary/aromatic N) is 2. The van der Waals surface area contributed by atoms with E-state index in [1.807, 2.05) is 0 Å². The first-order valence-electron chi connectivity index (χ1n) is 6.16. The van der Waals surface area contributed by atoms with Gasteiger partial charge in [0, 0.05) is 12.1 Å². The molecule has 0 aliphatic carbocycles. The zero-order valence-corrected chi connectivity index (χ0v) is 11.0. The van der Waals surface area contributed by atoms with Crippen LogP contribution in [0.5, 0.6) is 5.75 Å². The molecule has 0 aliphatic rings. The van der Waals surface area contributed by atoms with Gasteiger partial charge in [0.05, 0.1) is 12.8 Å². The van der Waals surface area contributed by atoms with Crippen molar-refractivity contribution in [1.29, 1.82) is 0 Å². The van der Waals surface area contributed by atoms with E-state index in [0.717, 1.165) is 13.0 Å². The average molecular weight is 261 g/mol. The SMILES string of the molecule is CCCNc1ccc(-c2cccc(OC)c2F)nn1. The van der Waals surface area contributed by atoms with Crippen LogP contribution in [0.15, 0.2) is 30.3 Å². The summed E-state index contributed by atoms with van der Waals surface area (Å²) >= 11 is 0. The molecule has 19 heavy (non-hydrogen) atoms. The molecular formula is C14H16FN3O. The highest BCUT2D eigenvalue weighted by Gasteiger charge is 2.11. The topological polar surface area (TPSA) is 47.0 Å². The Bertz CT molecular complexity index is 543. The number of hydrogen-bond acceptors (Lipinski definition) is 4.